The van der Waals surface area contributed by atoms with Gasteiger partial charge in [-0.25, -0.2) is 4.98 Å². The van der Waals surface area contributed by atoms with Gasteiger partial charge in [-0.05, 0) is 84.4 Å². The first-order valence-corrected chi connectivity index (χ1v) is 13.5. The molecule has 2 aromatic carbocycles. The Morgan fingerprint density at radius 1 is 0.889 bits per heavy atom. The van der Waals surface area contributed by atoms with Gasteiger partial charge in [0.1, 0.15) is 11.5 Å². The first kappa shape index (κ1) is 24.9. The number of imidazole rings is 1. The lowest BCUT2D eigenvalue weighted by atomic mass is 9.59. The molecule has 1 aliphatic heterocycles. The summed E-state index contributed by atoms with van der Waals surface area (Å²) < 4.78 is 2.48. The summed E-state index contributed by atoms with van der Waals surface area (Å²) in [7, 11) is 0. The smallest absolute Gasteiger partial charge is 0.145 e. The highest BCUT2D eigenvalue weighted by Gasteiger charge is 2.57. The topological polar surface area (TPSA) is 21.1 Å². The van der Waals surface area contributed by atoms with E-state index in [4.69, 9.17) is 4.98 Å². The lowest BCUT2D eigenvalue weighted by Crippen LogP contribution is -2.48. The van der Waals surface area contributed by atoms with Crippen LogP contribution in [0.1, 0.15) is 87.3 Å². The summed E-state index contributed by atoms with van der Waals surface area (Å²) >= 11 is 0. The van der Waals surface area contributed by atoms with E-state index >= 15 is 0 Å². The van der Waals surface area contributed by atoms with Crippen molar-refractivity contribution in [2.45, 2.75) is 92.7 Å². The Balaban J connectivity index is 1.86. The van der Waals surface area contributed by atoms with Gasteiger partial charge in [-0.2, -0.15) is 0 Å². The van der Waals surface area contributed by atoms with Crippen molar-refractivity contribution in [3.05, 3.63) is 71.5 Å². The summed E-state index contributed by atoms with van der Waals surface area (Å²) in [4.78, 5) is 7.83. The third-order valence-electron chi connectivity index (χ3n) is 9.85. The number of fused-ring (bicyclic) bond motifs is 6. The van der Waals surface area contributed by atoms with Gasteiger partial charge in [0.25, 0.3) is 0 Å². The molecule has 2 heterocycles. The van der Waals surface area contributed by atoms with Gasteiger partial charge in [-0.3, -0.25) is 0 Å². The molecule has 0 saturated heterocycles. The van der Waals surface area contributed by atoms with Crippen molar-refractivity contribution in [2.24, 2.45) is 11.3 Å². The molecule has 0 N–H and O–H groups in total. The van der Waals surface area contributed by atoms with Crippen LogP contribution in [-0.2, 0) is 16.5 Å². The van der Waals surface area contributed by atoms with E-state index in [1.807, 2.05) is 0 Å². The van der Waals surface area contributed by atoms with E-state index in [1.54, 1.807) is 0 Å². The predicted octanol–water partition coefficient (Wildman–Crippen LogP) is 8.93. The lowest BCUT2D eigenvalue weighted by molar-refractivity contribution is 0.125. The van der Waals surface area contributed by atoms with E-state index in [9.17, 15) is 0 Å². The van der Waals surface area contributed by atoms with Crippen molar-refractivity contribution in [3.8, 4) is 11.4 Å². The minimum atomic E-state index is -0.347. The maximum absolute atomic E-state index is 5.33. The second kappa shape index (κ2) is 7.60. The van der Waals surface area contributed by atoms with Gasteiger partial charge in [0.15, 0.2) is 0 Å². The summed E-state index contributed by atoms with van der Waals surface area (Å²) in [5.74, 6) is 1.50. The molecule has 0 saturated carbocycles. The zero-order chi connectivity index (χ0) is 26.4. The van der Waals surface area contributed by atoms with E-state index < -0.39 is 0 Å². The Morgan fingerprint density at radius 2 is 1.50 bits per heavy atom. The van der Waals surface area contributed by atoms with Gasteiger partial charge in [0.2, 0.25) is 0 Å². The van der Waals surface area contributed by atoms with E-state index in [0.717, 1.165) is 11.3 Å². The maximum atomic E-state index is 5.33. The van der Waals surface area contributed by atoms with Crippen LogP contribution in [0.3, 0.4) is 0 Å². The fourth-order valence-corrected chi connectivity index (χ4v) is 6.77. The molecule has 3 nitrogen and oxygen atoms in total. The molecule has 0 unspecified atom stereocenters. The number of nitrogens with zero attached hydrogens (tertiary/aromatic N) is 3. The molecule has 1 aromatic heterocycles. The molecule has 0 radical (unpaired) electrons. The van der Waals surface area contributed by atoms with Gasteiger partial charge < -0.3 is 9.47 Å². The number of rotatable bonds is 3. The fourth-order valence-electron chi connectivity index (χ4n) is 6.77. The minimum absolute atomic E-state index is 0.0504. The van der Waals surface area contributed by atoms with Crippen LogP contribution >= 0.6 is 0 Å². The van der Waals surface area contributed by atoms with Gasteiger partial charge in [0, 0.05) is 11.3 Å². The molecule has 190 valence electrons. The summed E-state index contributed by atoms with van der Waals surface area (Å²) in [5.41, 5.74) is 8.72. The largest absolute Gasteiger partial charge is 0.318 e. The number of anilines is 1. The number of aromatic nitrogens is 2. The van der Waals surface area contributed by atoms with E-state index in [-0.39, 0.29) is 21.9 Å². The Morgan fingerprint density at radius 3 is 2.11 bits per heavy atom. The highest BCUT2D eigenvalue weighted by Crippen LogP contribution is 2.62. The zero-order valence-electron chi connectivity index (χ0n) is 24.1. The molecule has 1 aliphatic carbocycles. The second-order valence-electron chi connectivity index (χ2n) is 13.2. The third-order valence-corrected chi connectivity index (χ3v) is 9.85. The molecule has 3 aromatic rings. The average molecular weight is 482 g/mol. The van der Waals surface area contributed by atoms with Crippen molar-refractivity contribution in [3.63, 3.8) is 0 Å². The van der Waals surface area contributed by atoms with Crippen LogP contribution in [0.15, 0.2) is 60.3 Å². The SMILES string of the molecule is C/C=C\C(=C/C(C)C)N1c2ccccc2-c2nc3cc4c(cc3n2C1(C)C)C(C)(C)C(C)(C)C4(C)C. The Kier molecular flexibility index (Phi) is 5.25. The first-order chi connectivity index (χ1) is 16.7. The predicted molar refractivity (Wildman–Crippen MR) is 155 cm³/mol. The number of para-hydroxylation sites is 1. The standard InChI is InChI=1S/C33H43N3/c1-12-15-22(18-21(2)3)35-27-17-14-13-16-23(27)29-34-26-19-24-25(20-28(26)36(29)33(35,10)11)31(6,7)32(8,9)30(24,4)5/h12-21H,1-11H3/b15-12-,22-18+. The Labute approximate surface area is 217 Å². The number of allylic oxidation sites excluding steroid dienone is 3. The molecule has 3 heteroatoms. The molecule has 5 rings (SSSR count). The van der Waals surface area contributed by atoms with Crippen LogP contribution < -0.4 is 4.90 Å². The molecule has 36 heavy (non-hydrogen) atoms. The van der Waals surface area contributed by atoms with Gasteiger partial charge >= 0.3 is 0 Å². The number of hydrogen-bond donors (Lipinski definition) is 0. The van der Waals surface area contributed by atoms with Crippen molar-refractivity contribution >= 4 is 16.7 Å². The molecule has 0 atom stereocenters. The molecule has 0 fully saturated rings. The van der Waals surface area contributed by atoms with Crippen molar-refractivity contribution in [2.75, 3.05) is 4.90 Å². The summed E-state index contributed by atoms with van der Waals surface area (Å²) in [6, 6.07) is 13.6. The van der Waals surface area contributed by atoms with Crippen LogP contribution in [0, 0.1) is 11.3 Å². The van der Waals surface area contributed by atoms with Crippen LogP contribution in [-0.4, -0.2) is 9.55 Å². The van der Waals surface area contributed by atoms with Gasteiger partial charge in [-0.15, -0.1) is 0 Å². The number of benzene rings is 2. The van der Waals surface area contributed by atoms with Crippen LogP contribution in [0.25, 0.3) is 22.4 Å². The van der Waals surface area contributed by atoms with Crippen molar-refractivity contribution in [1.29, 1.82) is 0 Å². The second-order valence-corrected chi connectivity index (χ2v) is 13.2. The summed E-state index contributed by atoms with van der Waals surface area (Å²) in [6.45, 7) is 25.8. The number of hydrogen-bond acceptors (Lipinski definition) is 2. The molecule has 0 spiro atoms. The van der Waals surface area contributed by atoms with E-state index in [1.165, 1.54) is 33.6 Å². The highest BCUT2D eigenvalue weighted by atomic mass is 15.4. The lowest BCUT2D eigenvalue weighted by Gasteiger charge is -2.47. The molecule has 0 bridgehead atoms. The quantitative estimate of drug-likeness (QED) is 0.348. The van der Waals surface area contributed by atoms with Crippen molar-refractivity contribution in [1.82, 2.24) is 9.55 Å². The van der Waals surface area contributed by atoms with Crippen LogP contribution in [0.5, 0.6) is 0 Å². The molecular weight excluding hydrogens is 438 g/mol. The average Bonchev–Trinajstić information content (AvgIpc) is 3.21. The highest BCUT2D eigenvalue weighted by molar-refractivity contribution is 5.90. The normalized spacial score (nSPS) is 21.2. The molecule has 2 aliphatic rings. The molecular formula is C33H43N3. The van der Waals surface area contributed by atoms with Gasteiger partial charge in [-0.1, -0.05) is 79.7 Å². The Bertz CT molecular complexity index is 1420. The maximum Gasteiger partial charge on any atom is 0.145 e. The molecule has 0 amide bonds. The monoisotopic (exact) mass is 481 g/mol. The summed E-state index contributed by atoms with van der Waals surface area (Å²) in [5, 5.41) is 0. The first-order valence-electron chi connectivity index (χ1n) is 13.5. The fraction of sp³-hybridized carbons (Fsp3) is 0.485. The summed E-state index contributed by atoms with van der Waals surface area (Å²) in [6.07, 6.45) is 6.76. The van der Waals surface area contributed by atoms with Crippen molar-refractivity contribution < 1.29 is 0 Å². The van der Waals surface area contributed by atoms with E-state index in [0.29, 0.717) is 5.92 Å². The van der Waals surface area contributed by atoms with Crippen LogP contribution in [0.2, 0.25) is 0 Å². The van der Waals surface area contributed by atoms with Crippen LogP contribution in [0.4, 0.5) is 5.69 Å². The zero-order valence-corrected chi connectivity index (χ0v) is 24.1. The third kappa shape index (κ3) is 3.01. The van der Waals surface area contributed by atoms with E-state index in [2.05, 4.69) is 140 Å². The Hall–Kier alpha value is -2.81. The van der Waals surface area contributed by atoms with Gasteiger partial charge in [0.05, 0.1) is 16.7 Å². The minimum Gasteiger partial charge on any atom is -0.318 e.